The second-order valence-electron chi connectivity index (χ2n) is 7.70. The van der Waals surface area contributed by atoms with Crippen LogP contribution in [-0.4, -0.2) is 51.3 Å². The average Bonchev–Trinajstić information content (AvgIpc) is 3.42. The topological polar surface area (TPSA) is 102 Å². The minimum atomic E-state index is -0.839. The van der Waals surface area contributed by atoms with E-state index in [2.05, 4.69) is 20.4 Å². The molecule has 154 valence electrons. The minimum Gasteiger partial charge on any atom is -0.489 e. The van der Waals surface area contributed by atoms with Crippen LogP contribution in [-0.2, 0) is 4.79 Å². The van der Waals surface area contributed by atoms with Crippen molar-refractivity contribution in [2.45, 2.75) is 37.8 Å². The van der Waals surface area contributed by atoms with Crippen molar-refractivity contribution in [3.63, 3.8) is 0 Å². The van der Waals surface area contributed by atoms with Crippen molar-refractivity contribution >= 4 is 28.5 Å². The Morgan fingerprint density at radius 1 is 1.20 bits per heavy atom. The molecule has 2 amide bonds. The summed E-state index contributed by atoms with van der Waals surface area (Å²) in [7, 11) is 1.66. The molecule has 9 heteroatoms. The van der Waals surface area contributed by atoms with Gasteiger partial charge in [0.15, 0.2) is 5.65 Å². The second-order valence-corrected chi connectivity index (χ2v) is 7.70. The first-order valence-electron chi connectivity index (χ1n) is 10.1. The molecule has 0 bridgehead atoms. The second kappa shape index (κ2) is 7.40. The van der Waals surface area contributed by atoms with Gasteiger partial charge in [0, 0.05) is 13.2 Å². The summed E-state index contributed by atoms with van der Waals surface area (Å²) in [5, 5.41) is 7.97. The first kappa shape index (κ1) is 18.5. The van der Waals surface area contributed by atoms with Gasteiger partial charge >= 0.3 is 0 Å². The molecule has 2 aliphatic rings. The number of nitrogens with zero attached hydrogens (tertiary/aromatic N) is 5. The van der Waals surface area contributed by atoms with Crippen LogP contribution in [0.2, 0.25) is 0 Å². The van der Waals surface area contributed by atoms with Gasteiger partial charge in [-0.05, 0) is 25.0 Å². The smallest absolute Gasteiger partial charge is 0.289 e. The third kappa shape index (κ3) is 3.16. The molecule has 5 rings (SSSR count). The van der Waals surface area contributed by atoms with Crippen LogP contribution in [0.1, 0.15) is 42.3 Å². The first-order valence-corrected chi connectivity index (χ1v) is 10.1. The lowest BCUT2D eigenvalue weighted by Crippen LogP contribution is -2.49. The van der Waals surface area contributed by atoms with Gasteiger partial charge in [-0.2, -0.15) is 5.10 Å². The quantitative estimate of drug-likeness (QED) is 0.715. The number of carbonyl (C=O) groups excluding carboxylic acids is 2. The number of amides is 2. The van der Waals surface area contributed by atoms with Gasteiger partial charge < -0.3 is 15.0 Å². The summed E-state index contributed by atoms with van der Waals surface area (Å²) >= 11 is 0. The Balaban J connectivity index is 1.38. The van der Waals surface area contributed by atoms with Crippen molar-refractivity contribution < 1.29 is 14.3 Å². The van der Waals surface area contributed by atoms with Gasteiger partial charge in [-0.25, -0.2) is 14.6 Å². The number of carbonyl (C=O) groups is 2. The minimum absolute atomic E-state index is 0.0134. The molecule has 30 heavy (non-hydrogen) atoms. The lowest BCUT2D eigenvalue weighted by Gasteiger charge is -2.20. The highest BCUT2D eigenvalue weighted by Gasteiger charge is 2.31. The summed E-state index contributed by atoms with van der Waals surface area (Å²) in [5.74, 6) is -0.162. The summed E-state index contributed by atoms with van der Waals surface area (Å²) < 4.78 is 7.64. The van der Waals surface area contributed by atoms with Gasteiger partial charge in [0.1, 0.15) is 18.4 Å². The van der Waals surface area contributed by atoms with Crippen LogP contribution in [0.15, 0.2) is 36.7 Å². The van der Waals surface area contributed by atoms with Crippen molar-refractivity contribution in [3.05, 3.63) is 42.5 Å². The Kier molecular flexibility index (Phi) is 4.57. The van der Waals surface area contributed by atoms with Gasteiger partial charge in [0.05, 0.1) is 23.3 Å². The Bertz CT molecular complexity index is 1120. The van der Waals surface area contributed by atoms with Gasteiger partial charge in [-0.3, -0.25) is 9.59 Å². The predicted molar refractivity (Wildman–Crippen MR) is 109 cm³/mol. The Morgan fingerprint density at radius 2 is 2.00 bits per heavy atom. The number of fused-ring (bicyclic) bond motifs is 2. The molecule has 1 N–H and O–H groups in total. The summed E-state index contributed by atoms with van der Waals surface area (Å²) in [5.41, 5.74) is 1.31. The van der Waals surface area contributed by atoms with Crippen LogP contribution in [0.4, 0.5) is 5.69 Å². The summed E-state index contributed by atoms with van der Waals surface area (Å²) in [6.07, 6.45) is 7.79. The van der Waals surface area contributed by atoms with Crippen molar-refractivity contribution in [2.75, 3.05) is 18.6 Å². The average molecular weight is 406 g/mol. The molecule has 1 aromatic carbocycles. The monoisotopic (exact) mass is 406 g/mol. The molecule has 3 aromatic rings. The number of rotatable bonds is 3. The van der Waals surface area contributed by atoms with E-state index < -0.39 is 11.9 Å². The maximum Gasteiger partial charge on any atom is 0.289 e. The van der Waals surface area contributed by atoms with E-state index in [1.165, 1.54) is 17.7 Å². The number of nitrogens with one attached hydrogen (secondary N) is 1. The van der Waals surface area contributed by atoms with Crippen molar-refractivity contribution in [3.8, 4) is 5.75 Å². The Morgan fingerprint density at radius 3 is 2.83 bits per heavy atom. The molecule has 0 radical (unpaired) electrons. The molecule has 1 atom stereocenters. The van der Waals surface area contributed by atoms with Crippen molar-refractivity contribution in [1.82, 2.24) is 25.1 Å². The highest BCUT2D eigenvalue weighted by Crippen LogP contribution is 2.31. The Labute approximate surface area is 173 Å². The lowest BCUT2D eigenvalue weighted by atomic mass is 10.2. The highest BCUT2D eigenvalue weighted by atomic mass is 16.5. The van der Waals surface area contributed by atoms with Gasteiger partial charge in [-0.15, -0.1) is 0 Å². The van der Waals surface area contributed by atoms with Crippen molar-refractivity contribution in [1.29, 1.82) is 0 Å². The number of benzene rings is 1. The van der Waals surface area contributed by atoms with E-state index in [1.54, 1.807) is 31.6 Å². The molecule has 1 aliphatic carbocycles. The third-order valence-electron chi connectivity index (χ3n) is 5.77. The molecule has 0 spiro atoms. The number of para-hydroxylation sites is 2. The van der Waals surface area contributed by atoms with Crippen LogP contribution in [0, 0.1) is 0 Å². The van der Waals surface area contributed by atoms with Crippen LogP contribution in [0.3, 0.4) is 0 Å². The number of anilines is 1. The fraction of sp³-hybridized carbons (Fsp3) is 0.381. The van der Waals surface area contributed by atoms with E-state index in [4.69, 9.17) is 4.74 Å². The highest BCUT2D eigenvalue weighted by molar-refractivity contribution is 6.02. The van der Waals surface area contributed by atoms with Crippen LogP contribution in [0.25, 0.3) is 11.0 Å². The molecule has 1 fully saturated rings. The molecule has 0 saturated heterocycles. The van der Waals surface area contributed by atoms with Gasteiger partial charge in [0.2, 0.25) is 5.82 Å². The standard InChI is InChI=1S/C21H22N6O3/c1-26-16-8-4-5-9-17(16)30-12-15(21(26)29)24-20(28)18-22-10-13-11-23-27(19(13)25-18)14-6-2-3-7-14/h4-5,8-11,14-15H,2-3,6-7,12H2,1H3,(H,24,28)/t15-/m0/s1. The molecule has 3 heterocycles. The molecule has 2 aromatic heterocycles. The first-order chi connectivity index (χ1) is 14.6. The van der Waals surface area contributed by atoms with Crippen molar-refractivity contribution in [2.24, 2.45) is 0 Å². The number of hydrogen-bond donors (Lipinski definition) is 1. The van der Waals surface area contributed by atoms with E-state index in [1.807, 2.05) is 16.8 Å². The van der Waals surface area contributed by atoms with Crippen LogP contribution < -0.4 is 15.0 Å². The number of likely N-dealkylation sites (N-methyl/N-ethyl adjacent to an activating group) is 1. The zero-order chi connectivity index (χ0) is 20.7. The number of hydrogen-bond acceptors (Lipinski definition) is 6. The molecule has 1 saturated carbocycles. The van der Waals surface area contributed by atoms with E-state index in [9.17, 15) is 9.59 Å². The maximum atomic E-state index is 12.9. The molecular weight excluding hydrogens is 384 g/mol. The predicted octanol–water partition coefficient (Wildman–Crippen LogP) is 2.10. The van der Waals surface area contributed by atoms with Crippen LogP contribution >= 0.6 is 0 Å². The van der Waals surface area contributed by atoms with Gasteiger partial charge in [-0.1, -0.05) is 25.0 Å². The largest absolute Gasteiger partial charge is 0.489 e. The summed E-state index contributed by atoms with van der Waals surface area (Å²) in [6, 6.07) is 6.74. The Hall–Kier alpha value is -3.49. The maximum absolute atomic E-state index is 12.9. The summed E-state index contributed by atoms with van der Waals surface area (Å²) in [6.45, 7) is 0.0359. The number of aromatic nitrogens is 4. The fourth-order valence-electron chi connectivity index (χ4n) is 4.14. The van der Waals surface area contributed by atoms with E-state index in [0.29, 0.717) is 23.1 Å². The molecule has 9 nitrogen and oxygen atoms in total. The summed E-state index contributed by atoms with van der Waals surface area (Å²) in [4.78, 5) is 35.8. The molecule has 1 aliphatic heterocycles. The van der Waals surface area contributed by atoms with Gasteiger partial charge in [0.25, 0.3) is 11.8 Å². The zero-order valence-electron chi connectivity index (χ0n) is 16.6. The normalized spacial score (nSPS) is 19.4. The van der Waals surface area contributed by atoms with E-state index in [0.717, 1.165) is 18.2 Å². The molecular formula is C21H22N6O3. The van der Waals surface area contributed by atoms with Crippen LogP contribution in [0.5, 0.6) is 5.75 Å². The fourth-order valence-corrected chi connectivity index (χ4v) is 4.14. The van der Waals surface area contributed by atoms with E-state index >= 15 is 0 Å². The third-order valence-corrected chi connectivity index (χ3v) is 5.77. The number of ether oxygens (including phenoxy) is 1. The lowest BCUT2D eigenvalue weighted by molar-refractivity contribution is -0.120. The zero-order valence-corrected chi connectivity index (χ0v) is 16.6. The SMILES string of the molecule is CN1C(=O)[C@@H](NC(=O)c2ncc3cnn(C4CCCC4)c3n2)COc2ccccc21. The van der Waals surface area contributed by atoms with E-state index in [-0.39, 0.29) is 18.3 Å². The molecule has 0 unspecified atom stereocenters.